The van der Waals surface area contributed by atoms with E-state index in [0.29, 0.717) is 11.8 Å². The molecule has 0 unspecified atom stereocenters. The maximum absolute atomic E-state index is 12.6. The first kappa shape index (κ1) is 18.5. The van der Waals surface area contributed by atoms with Crippen LogP contribution in [0, 0.1) is 0 Å². The fraction of sp³-hybridized carbons (Fsp3) is 0.667. The molecule has 1 N–H and O–H groups in total. The van der Waals surface area contributed by atoms with E-state index >= 15 is 0 Å². The highest BCUT2D eigenvalue weighted by Crippen LogP contribution is 2.28. The lowest BCUT2D eigenvalue weighted by Crippen LogP contribution is -2.32. The van der Waals surface area contributed by atoms with E-state index < -0.39 is 5.60 Å². The molecule has 0 spiro atoms. The molecular formula is C18H28N2O4. The zero-order chi connectivity index (χ0) is 17.7. The van der Waals surface area contributed by atoms with Gasteiger partial charge >= 0.3 is 5.97 Å². The minimum atomic E-state index is -0.532. The van der Waals surface area contributed by atoms with Crippen molar-refractivity contribution in [2.75, 3.05) is 19.0 Å². The molecule has 6 nitrogen and oxygen atoms in total. The van der Waals surface area contributed by atoms with Crippen LogP contribution in [0.4, 0.5) is 5.69 Å². The fourth-order valence-corrected chi connectivity index (χ4v) is 3.04. The molecule has 134 valence electrons. The lowest BCUT2D eigenvalue weighted by molar-refractivity contribution is -0.152. The molecule has 1 aliphatic carbocycles. The van der Waals surface area contributed by atoms with Crippen molar-refractivity contribution in [2.45, 2.75) is 64.2 Å². The van der Waals surface area contributed by atoms with Gasteiger partial charge in [-0.05, 0) is 58.6 Å². The average molecular weight is 336 g/mol. The number of anilines is 1. The van der Waals surface area contributed by atoms with Gasteiger partial charge in [-0.1, -0.05) is 0 Å². The number of pyridine rings is 1. The molecule has 0 saturated heterocycles. The molecule has 6 heteroatoms. The van der Waals surface area contributed by atoms with Crippen LogP contribution in [-0.4, -0.2) is 35.9 Å². The summed E-state index contributed by atoms with van der Waals surface area (Å²) in [6, 6.07) is 3.72. The monoisotopic (exact) mass is 336 g/mol. The van der Waals surface area contributed by atoms with Crippen LogP contribution < -0.4 is 10.9 Å². The van der Waals surface area contributed by atoms with Crippen LogP contribution >= 0.6 is 0 Å². The standard InChI is InChI=1S/C18H28N2O4/c1-18(2,3)24-16(21)12-19-15-6-5-11-20(17(15)22)13-7-9-14(23-4)10-8-13/h5-6,11,13-14,19H,7-10,12H2,1-4H3. The number of nitrogens with zero attached hydrogens (tertiary/aromatic N) is 1. The summed E-state index contributed by atoms with van der Waals surface area (Å²) in [5.74, 6) is -0.377. The van der Waals surface area contributed by atoms with Crippen LogP contribution in [0.5, 0.6) is 0 Å². The molecule has 2 rings (SSSR count). The van der Waals surface area contributed by atoms with Gasteiger partial charge in [0, 0.05) is 19.3 Å². The third kappa shape index (κ3) is 5.09. The second-order valence-corrected chi connectivity index (χ2v) is 7.24. The number of ether oxygens (including phenoxy) is 2. The number of nitrogens with one attached hydrogen (secondary N) is 1. The first-order chi connectivity index (χ1) is 11.3. The normalized spacial score (nSPS) is 21.3. The number of rotatable bonds is 5. The van der Waals surface area contributed by atoms with E-state index in [1.807, 2.05) is 33.0 Å². The molecule has 1 fully saturated rings. The highest BCUT2D eigenvalue weighted by atomic mass is 16.6. The number of esters is 1. The summed E-state index contributed by atoms with van der Waals surface area (Å²) in [6.45, 7) is 5.43. The minimum absolute atomic E-state index is 0.0209. The van der Waals surface area contributed by atoms with E-state index in [2.05, 4.69) is 5.32 Å². The van der Waals surface area contributed by atoms with Crippen LogP contribution in [0.1, 0.15) is 52.5 Å². The lowest BCUT2D eigenvalue weighted by atomic mass is 9.92. The van der Waals surface area contributed by atoms with E-state index in [0.717, 1.165) is 25.7 Å². The summed E-state index contributed by atoms with van der Waals surface area (Å²) >= 11 is 0. The predicted molar refractivity (Wildman–Crippen MR) is 93.3 cm³/mol. The van der Waals surface area contributed by atoms with E-state index in [4.69, 9.17) is 9.47 Å². The molecule has 1 aromatic heterocycles. The first-order valence-electron chi connectivity index (χ1n) is 8.50. The van der Waals surface area contributed by atoms with Crippen molar-refractivity contribution in [2.24, 2.45) is 0 Å². The Labute approximate surface area is 143 Å². The molecule has 0 aromatic carbocycles. The molecule has 0 aliphatic heterocycles. The summed E-state index contributed by atoms with van der Waals surface area (Å²) in [5, 5.41) is 2.90. The molecule has 24 heavy (non-hydrogen) atoms. The second kappa shape index (κ2) is 7.83. The van der Waals surface area contributed by atoms with Crippen LogP contribution in [0.3, 0.4) is 0 Å². The quantitative estimate of drug-likeness (QED) is 0.837. The number of hydrogen-bond acceptors (Lipinski definition) is 5. The van der Waals surface area contributed by atoms with Gasteiger partial charge in [-0.15, -0.1) is 0 Å². The number of hydrogen-bond donors (Lipinski definition) is 1. The third-order valence-corrected chi connectivity index (χ3v) is 4.19. The third-order valence-electron chi connectivity index (χ3n) is 4.19. The molecule has 0 bridgehead atoms. The van der Waals surface area contributed by atoms with Gasteiger partial charge in [0.2, 0.25) is 0 Å². The summed E-state index contributed by atoms with van der Waals surface area (Å²) in [4.78, 5) is 24.4. The Bertz CT molecular complexity index is 610. The Balaban J connectivity index is 2.01. The van der Waals surface area contributed by atoms with Crippen molar-refractivity contribution in [1.82, 2.24) is 4.57 Å². The zero-order valence-corrected chi connectivity index (χ0v) is 15.0. The highest BCUT2D eigenvalue weighted by molar-refractivity contribution is 5.75. The van der Waals surface area contributed by atoms with Crippen molar-refractivity contribution in [3.8, 4) is 0 Å². The largest absolute Gasteiger partial charge is 0.459 e. The number of aromatic nitrogens is 1. The SMILES string of the molecule is COC1CCC(n2cccc(NCC(=O)OC(C)(C)C)c2=O)CC1. The maximum Gasteiger partial charge on any atom is 0.325 e. The molecule has 0 amide bonds. The molecular weight excluding hydrogens is 308 g/mol. The topological polar surface area (TPSA) is 69.6 Å². The van der Waals surface area contributed by atoms with Gasteiger partial charge in [-0.3, -0.25) is 9.59 Å². The van der Waals surface area contributed by atoms with Gasteiger partial charge in [-0.2, -0.15) is 0 Å². The van der Waals surface area contributed by atoms with Crippen LogP contribution in [0.2, 0.25) is 0 Å². The molecule has 1 heterocycles. The number of methoxy groups -OCH3 is 1. The first-order valence-corrected chi connectivity index (χ1v) is 8.50. The molecule has 1 aromatic rings. The van der Waals surface area contributed by atoms with Crippen molar-refractivity contribution in [1.29, 1.82) is 0 Å². The summed E-state index contributed by atoms with van der Waals surface area (Å²) in [5.41, 5.74) is -0.200. The van der Waals surface area contributed by atoms with Crippen LogP contribution in [0.25, 0.3) is 0 Å². The zero-order valence-electron chi connectivity index (χ0n) is 15.0. The van der Waals surface area contributed by atoms with Crippen LogP contribution in [0.15, 0.2) is 23.1 Å². The predicted octanol–water partition coefficient (Wildman–Crippen LogP) is 2.73. The highest BCUT2D eigenvalue weighted by Gasteiger charge is 2.23. The summed E-state index contributed by atoms with van der Waals surface area (Å²) < 4.78 is 12.4. The average Bonchev–Trinajstić information content (AvgIpc) is 2.52. The number of carbonyl (C=O) groups excluding carboxylic acids is 1. The molecule has 0 atom stereocenters. The van der Waals surface area contributed by atoms with Crippen molar-refractivity contribution in [3.63, 3.8) is 0 Å². The minimum Gasteiger partial charge on any atom is -0.459 e. The van der Waals surface area contributed by atoms with E-state index in [1.54, 1.807) is 17.7 Å². The Kier molecular flexibility index (Phi) is 6.04. The van der Waals surface area contributed by atoms with Crippen molar-refractivity contribution < 1.29 is 14.3 Å². The number of carbonyl (C=O) groups is 1. The van der Waals surface area contributed by atoms with Crippen molar-refractivity contribution in [3.05, 3.63) is 28.7 Å². The van der Waals surface area contributed by atoms with Gasteiger partial charge in [0.05, 0.1) is 6.10 Å². The maximum atomic E-state index is 12.6. The second-order valence-electron chi connectivity index (χ2n) is 7.24. The van der Waals surface area contributed by atoms with E-state index in [9.17, 15) is 9.59 Å². The van der Waals surface area contributed by atoms with Gasteiger partial charge < -0.3 is 19.4 Å². The molecule has 1 aliphatic rings. The van der Waals surface area contributed by atoms with Gasteiger partial charge in [0.1, 0.15) is 17.8 Å². The fourth-order valence-electron chi connectivity index (χ4n) is 3.04. The Morgan fingerprint density at radius 1 is 1.29 bits per heavy atom. The van der Waals surface area contributed by atoms with Crippen molar-refractivity contribution >= 4 is 11.7 Å². The Hall–Kier alpha value is -1.82. The van der Waals surface area contributed by atoms with Gasteiger partial charge in [0.25, 0.3) is 5.56 Å². The lowest BCUT2D eigenvalue weighted by Gasteiger charge is -2.29. The van der Waals surface area contributed by atoms with Gasteiger partial charge in [-0.25, -0.2) is 0 Å². The Morgan fingerprint density at radius 2 is 1.96 bits per heavy atom. The molecule has 0 radical (unpaired) electrons. The Morgan fingerprint density at radius 3 is 2.54 bits per heavy atom. The van der Waals surface area contributed by atoms with E-state index in [1.165, 1.54) is 0 Å². The summed E-state index contributed by atoms with van der Waals surface area (Å²) in [6.07, 6.45) is 5.89. The van der Waals surface area contributed by atoms with E-state index in [-0.39, 0.29) is 24.1 Å². The summed E-state index contributed by atoms with van der Waals surface area (Å²) in [7, 11) is 1.73. The smallest absolute Gasteiger partial charge is 0.325 e. The van der Waals surface area contributed by atoms with Gasteiger partial charge in [0.15, 0.2) is 0 Å². The molecule has 1 saturated carbocycles. The van der Waals surface area contributed by atoms with Crippen LogP contribution in [-0.2, 0) is 14.3 Å².